The summed E-state index contributed by atoms with van der Waals surface area (Å²) >= 11 is 0. The van der Waals surface area contributed by atoms with Crippen LogP contribution >= 0.6 is 0 Å². The van der Waals surface area contributed by atoms with E-state index in [1.54, 1.807) is 0 Å². The van der Waals surface area contributed by atoms with Crippen LogP contribution in [-0.2, 0) is 23.4 Å². The second-order valence-electron chi connectivity index (χ2n) is 8.45. The molecule has 6 nitrogen and oxygen atoms in total. The summed E-state index contributed by atoms with van der Waals surface area (Å²) in [6, 6.07) is 0. The molecule has 1 N–H and O–H groups in total. The van der Waals surface area contributed by atoms with Gasteiger partial charge in [-0.3, -0.25) is 4.79 Å². The first kappa shape index (κ1) is 18.9. The highest BCUT2D eigenvalue weighted by atomic mass is 28.4. The Kier molecular flexibility index (Phi) is 5.01. The van der Waals surface area contributed by atoms with Crippen LogP contribution in [0, 0.1) is 0 Å². The van der Waals surface area contributed by atoms with Gasteiger partial charge in [-0.25, -0.2) is 0 Å². The summed E-state index contributed by atoms with van der Waals surface area (Å²) < 4.78 is 24.4. The van der Waals surface area contributed by atoms with Gasteiger partial charge >= 0.3 is 0 Å². The Morgan fingerprint density at radius 3 is 2.30 bits per heavy atom. The third kappa shape index (κ3) is 3.79. The lowest BCUT2D eigenvalue weighted by molar-refractivity contribution is -0.198. The second kappa shape index (κ2) is 6.11. The summed E-state index contributed by atoms with van der Waals surface area (Å²) in [6.45, 7) is 16.8. The lowest BCUT2D eigenvalue weighted by Gasteiger charge is -2.40. The van der Waals surface area contributed by atoms with Crippen LogP contribution in [0.2, 0.25) is 18.1 Å². The maximum absolute atomic E-state index is 10.8. The van der Waals surface area contributed by atoms with Crippen molar-refractivity contribution < 1.29 is 23.4 Å². The van der Waals surface area contributed by atoms with E-state index in [1.165, 1.54) is 0 Å². The lowest BCUT2D eigenvalue weighted by Crippen LogP contribution is -2.48. The van der Waals surface area contributed by atoms with Crippen molar-refractivity contribution in [2.75, 3.05) is 0 Å². The molecule has 0 aromatic carbocycles. The van der Waals surface area contributed by atoms with Crippen molar-refractivity contribution in [3.63, 3.8) is 0 Å². The van der Waals surface area contributed by atoms with Gasteiger partial charge in [-0.2, -0.15) is 0 Å². The number of carbonyl (C=O) groups excluding carboxylic acids is 1. The number of amides is 1. The molecule has 2 saturated heterocycles. The van der Waals surface area contributed by atoms with Crippen molar-refractivity contribution in [2.24, 2.45) is 0 Å². The standard InChI is InChI=1S/C16H31NO5Si/c1-10(22-23(7,8)15(2,3)4)11-12-13(14(19-11)17-9-18)21-16(5,6)20-12/h9-14H,1-8H3,(H,17,18)/t10-,11-,12-,13-,14-/m1/s1. The largest absolute Gasteiger partial charge is 0.411 e. The highest BCUT2D eigenvalue weighted by Crippen LogP contribution is 2.42. The number of fused-ring (bicyclic) bond motifs is 1. The van der Waals surface area contributed by atoms with Crippen LogP contribution in [0.15, 0.2) is 0 Å². The van der Waals surface area contributed by atoms with Crippen molar-refractivity contribution in [1.29, 1.82) is 0 Å². The zero-order chi connectivity index (χ0) is 17.6. The summed E-state index contributed by atoms with van der Waals surface area (Å²) in [7, 11) is -1.92. The number of rotatable bonds is 5. The summed E-state index contributed by atoms with van der Waals surface area (Å²) in [5.41, 5.74) is 0. The summed E-state index contributed by atoms with van der Waals surface area (Å²) in [4.78, 5) is 10.8. The van der Waals surface area contributed by atoms with Crippen LogP contribution in [0.25, 0.3) is 0 Å². The number of hydrogen-bond donors (Lipinski definition) is 1. The molecular formula is C16H31NO5Si. The second-order valence-corrected chi connectivity index (χ2v) is 13.2. The van der Waals surface area contributed by atoms with Gasteiger partial charge in [0.2, 0.25) is 6.41 Å². The third-order valence-corrected chi connectivity index (χ3v) is 9.64. The van der Waals surface area contributed by atoms with Gasteiger partial charge in [0.15, 0.2) is 20.3 Å². The van der Waals surface area contributed by atoms with E-state index in [0.717, 1.165) is 0 Å². The Balaban J connectivity index is 2.14. The number of hydrogen-bond acceptors (Lipinski definition) is 5. The van der Waals surface area contributed by atoms with Crippen molar-refractivity contribution in [3.05, 3.63) is 0 Å². The molecule has 0 unspecified atom stereocenters. The molecule has 2 heterocycles. The molecule has 2 fully saturated rings. The Morgan fingerprint density at radius 2 is 1.78 bits per heavy atom. The predicted molar refractivity (Wildman–Crippen MR) is 89.4 cm³/mol. The predicted octanol–water partition coefficient (Wildman–Crippen LogP) is 2.39. The fourth-order valence-electron chi connectivity index (χ4n) is 2.92. The Morgan fingerprint density at radius 1 is 1.22 bits per heavy atom. The number of carbonyl (C=O) groups is 1. The minimum atomic E-state index is -1.92. The van der Waals surface area contributed by atoms with Gasteiger partial charge in [0.25, 0.3) is 0 Å². The maximum atomic E-state index is 10.8. The SMILES string of the molecule is C[C@@H](O[Si](C)(C)C(C)(C)C)[C@H]1O[C@@H](NC=O)[C@@H]2OC(C)(C)O[C@@H]21. The monoisotopic (exact) mass is 345 g/mol. The highest BCUT2D eigenvalue weighted by Gasteiger charge is 2.57. The Bertz CT molecular complexity index is 448. The molecular weight excluding hydrogens is 314 g/mol. The van der Waals surface area contributed by atoms with Crippen LogP contribution in [0.4, 0.5) is 0 Å². The molecule has 2 aliphatic heterocycles. The van der Waals surface area contributed by atoms with Crippen molar-refractivity contribution >= 4 is 14.7 Å². The fraction of sp³-hybridized carbons (Fsp3) is 0.938. The van der Waals surface area contributed by atoms with Crippen molar-refractivity contribution in [3.8, 4) is 0 Å². The van der Waals surface area contributed by atoms with Gasteiger partial charge in [0.05, 0.1) is 6.10 Å². The smallest absolute Gasteiger partial charge is 0.209 e. The first-order valence-electron chi connectivity index (χ1n) is 8.26. The Hall–Kier alpha value is -0.473. The molecule has 1 amide bonds. The molecule has 0 aliphatic carbocycles. The molecule has 0 radical (unpaired) electrons. The van der Waals surface area contributed by atoms with Crippen LogP contribution < -0.4 is 5.32 Å². The van der Waals surface area contributed by atoms with E-state index < -0.39 is 20.3 Å². The molecule has 7 heteroatoms. The fourth-order valence-corrected chi connectivity index (χ4v) is 4.33. The Labute approximate surface area is 140 Å². The van der Waals surface area contributed by atoms with Crippen LogP contribution in [0.3, 0.4) is 0 Å². The normalized spacial score (nSPS) is 35.0. The molecule has 0 aromatic heterocycles. The van der Waals surface area contributed by atoms with E-state index in [-0.39, 0.29) is 29.5 Å². The maximum Gasteiger partial charge on any atom is 0.209 e. The molecule has 0 bridgehead atoms. The van der Waals surface area contributed by atoms with Crippen molar-refractivity contribution in [1.82, 2.24) is 5.32 Å². The van der Waals surface area contributed by atoms with Gasteiger partial charge in [0, 0.05) is 0 Å². The van der Waals surface area contributed by atoms with E-state index in [9.17, 15) is 4.79 Å². The minimum Gasteiger partial charge on any atom is -0.411 e. The summed E-state index contributed by atoms with van der Waals surface area (Å²) in [5.74, 6) is -0.684. The number of ether oxygens (including phenoxy) is 3. The van der Waals surface area contributed by atoms with Gasteiger partial charge < -0.3 is 24.0 Å². The van der Waals surface area contributed by atoms with E-state index in [0.29, 0.717) is 6.41 Å². The van der Waals surface area contributed by atoms with Gasteiger partial charge in [-0.05, 0) is 38.9 Å². The van der Waals surface area contributed by atoms with E-state index >= 15 is 0 Å². The number of nitrogens with one attached hydrogen (secondary N) is 1. The van der Waals surface area contributed by atoms with E-state index in [4.69, 9.17) is 18.6 Å². The average molecular weight is 346 g/mol. The molecule has 2 rings (SSSR count). The quantitative estimate of drug-likeness (QED) is 0.612. The van der Waals surface area contributed by atoms with Crippen LogP contribution in [0.5, 0.6) is 0 Å². The molecule has 0 saturated carbocycles. The lowest BCUT2D eigenvalue weighted by atomic mass is 10.1. The third-order valence-electron chi connectivity index (χ3n) is 5.07. The van der Waals surface area contributed by atoms with Crippen molar-refractivity contribution in [2.45, 2.75) is 96.1 Å². The van der Waals surface area contributed by atoms with Crippen LogP contribution in [-0.4, -0.2) is 51.2 Å². The molecule has 0 aromatic rings. The first-order chi connectivity index (χ1) is 10.4. The molecule has 134 valence electrons. The topological polar surface area (TPSA) is 66.0 Å². The van der Waals surface area contributed by atoms with Crippen LogP contribution in [0.1, 0.15) is 41.5 Å². The minimum absolute atomic E-state index is 0.117. The van der Waals surface area contributed by atoms with Gasteiger partial charge in [-0.15, -0.1) is 0 Å². The first-order valence-corrected chi connectivity index (χ1v) is 11.2. The molecule has 0 spiro atoms. The van der Waals surface area contributed by atoms with E-state index in [2.05, 4.69) is 39.2 Å². The molecule has 5 atom stereocenters. The van der Waals surface area contributed by atoms with E-state index in [1.807, 2.05) is 20.8 Å². The van der Waals surface area contributed by atoms with Gasteiger partial charge in [-0.1, -0.05) is 20.8 Å². The van der Waals surface area contributed by atoms with Gasteiger partial charge in [0.1, 0.15) is 18.3 Å². The summed E-state index contributed by atoms with van der Waals surface area (Å²) in [6.07, 6.45) is -0.840. The zero-order valence-corrected chi connectivity index (χ0v) is 16.5. The highest BCUT2D eigenvalue weighted by molar-refractivity contribution is 6.74. The average Bonchev–Trinajstić information content (AvgIpc) is 2.82. The molecule has 23 heavy (non-hydrogen) atoms. The molecule has 2 aliphatic rings. The summed E-state index contributed by atoms with van der Waals surface area (Å²) in [5, 5.41) is 2.80. The zero-order valence-electron chi connectivity index (χ0n) is 15.5.